The Morgan fingerprint density at radius 2 is 2.05 bits per heavy atom. The van der Waals surface area contributed by atoms with Crippen LogP contribution >= 0.6 is 11.6 Å². The van der Waals surface area contributed by atoms with Gasteiger partial charge in [0.1, 0.15) is 5.75 Å². The van der Waals surface area contributed by atoms with E-state index < -0.39 is 12.6 Å². The largest absolute Gasteiger partial charge is 0.496 e. The van der Waals surface area contributed by atoms with E-state index in [1.807, 2.05) is 6.92 Å². The first kappa shape index (κ1) is 17.1. The van der Waals surface area contributed by atoms with Crippen molar-refractivity contribution in [2.45, 2.75) is 44.9 Å². The lowest BCUT2D eigenvalue weighted by Crippen LogP contribution is -2.26. The summed E-state index contributed by atoms with van der Waals surface area (Å²) in [6.07, 6.45) is -4.23. The third-order valence-corrected chi connectivity index (χ3v) is 3.37. The van der Waals surface area contributed by atoms with Crippen molar-refractivity contribution < 1.29 is 17.9 Å². The van der Waals surface area contributed by atoms with Crippen LogP contribution in [0.4, 0.5) is 13.2 Å². The fourth-order valence-corrected chi connectivity index (χ4v) is 2.12. The van der Waals surface area contributed by atoms with E-state index in [-0.39, 0.29) is 12.5 Å². The second kappa shape index (κ2) is 7.74. The second-order valence-electron chi connectivity index (χ2n) is 4.71. The zero-order valence-electron chi connectivity index (χ0n) is 11.6. The predicted molar refractivity (Wildman–Crippen MR) is 74.2 cm³/mol. The van der Waals surface area contributed by atoms with Gasteiger partial charge in [-0.15, -0.1) is 0 Å². The summed E-state index contributed by atoms with van der Waals surface area (Å²) in [5.74, 6) is 0.674. The molecule has 1 aromatic rings. The molecule has 0 aliphatic carbocycles. The molecule has 2 nitrogen and oxygen atoms in total. The van der Waals surface area contributed by atoms with Gasteiger partial charge in [-0.25, -0.2) is 0 Å². The molecule has 1 N–H and O–H groups in total. The first-order valence-corrected chi connectivity index (χ1v) is 6.83. The Kier molecular flexibility index (Phi) is 6.62. The molecule has 0 heterocycles. The van der Waals surface area contributed by atoms with Gasteiger partial charge in [-0.05, 0) is 31.9 Å². The van der Waals surface area contributed by atoms with Crippen molar-refractivity contribution in [3.8, 4) is 5.75 Å². The summed E-state index contributed by atoms with van der Waals surface area (Å²) < 4.78 is 41.4. The summed E-state index contributed by atoms with van der Waals surface area (Å²) in [5, 5.41) is 3.75. The molecule has 1 unspecified atom stereocenters. The lowest BCUT2D eigenvalue weighted by atomic mass is 10.1. The number of hydrogen-bond donors (Lipinski definition) is 1. The fraction of sp³-hybridized carbons (Fsp3) is 0.571. The summed E-state index contributed by atoms with van der Waals surface area (Å²) >= 11 is 6.09. The van der Waals surface area contributed by atoms with Crippen LogP contribution in [0.2, 0.25) is 5.02 Å². The molecular weight excluding hydrogens is 291 g/mol. The van der Waals surface area contributed by atoms with Crippen LogP contribution in [0.1, 0.15) is 31.7 Å². The summed E-state index contributed by atoms with van der Waals surface area (Å²) in [7, 11) is 1.56. The van der Waals surface area contributed by atoms with Crippen LogP contribution in [-0.2, 0) is 6.54 Å². The van der Waals surface area contributed by atoms with Gasteiger partial charge in [0.25, 0.3) is 0 Å². The average Bonchev–Trinajstić information content (AvgIpc) is 2.35. The van der Waals surface area contributed by atoms with Crippen molar-refractivity contribution in [2.24, 2.45) is 0 Å². The lowest BCUT2D eigenvalue weighted by molar-refractivity contribution is -0.135. The van der Waals surface area contributed by atoms with Crippen LogP contribution in [0.15, 0.2) is 18.2 Å². The van der Waals surface area contributed by atoms with Gasteiger partial charge in [-0.3, -0.25) is 0 Å². The zero-order valence-corrected chi connectivity index (χ0v) is 12.3. The van der Waals surface area contributed by atoms with E-state index >= 15 is 0 Å². The van der Waals surface area contributed by atoms with Gasteiger partial charge in [-0.1, -0.05) is 17.7 Å². The van der Waals surface area contributed by atoms with Gasteiger partial charge < -0.3 is 10.1 Å². The highest BCUT2D eigenvalue weighted by Crippen LogP contribution is 2.26. The highest BCUT2D eigenvalue weighted by Gasteiger charge is 2.26. The first-order chi connectivity index (χ1) is 9.33. The van der Waals surface area contributed by atoms with E-state index in [4.69, 9.17) is 16.3 Å². The Morgan fingerprint density at radius 1 is 1.35 bits per heavy atom. The van der Waals surface area contributed by atoms with Crippen LogP contribution in [0, 0.1) is 0 Å². The number of hydrogen-bond acceptors (Lipinski definition) is 2. The molecule has 0 saturated carbocycles. The number of benzene rings is 1. The SMILES string of the molecule is COc1cccc(Cl)c1CNC(C)CCCC(F)(F)F. The fourth-order valence-electron chi connectivity index (χ4n) is 1.89. The number of rotatable bonds is 7. The minimum absolute atomic E-state index is 0.0154. The Bertz CT molecular complexity index is 423. The molecule has 0 aliphatic heterocycles. The molecule has 20 heavy (non-hydrogen) atoms. The van der Waals surface area contributed by atoms with Crippen molar-refractivity contribution in [2.75, 3.05) is 7.11 Å². The predicted octanol–water partition coefficient (Wildman–Crippen LogP) is 4.56. The topological polar surface area (TPSA) is 21.3 Å². The van der Waals surface area contributed by atoms with Crippen LogP contribution in [0.25, 0.3) is 0 Å². The maximum Gasteiger partial charge on any atom is 0.389 e. The zero-order chi connectivity index (χ0) is 15.2. The molecule has 0 radical (unpaired) electrons. The third kappa shape index (κ3) is 6.01. The van der Waals surface area contributed by atoms with Gasteiger partial charge in [0, 0.05) is 29.6 Å². The smallest absolute Gasteiger partial charge is 0.389 e. The maximum atomic E-state index is 12.1. The Hall–Kier alpha value is -0.940. The monoisotopic (exact) mass is 309 g/mol. The molecule has 0 spiro atoms. The Labute approximate surface area is 122 Å². The van der Waals surface area contributed by atoms with Crippen LogP contribution < -0.4 is 10.1 Å². The molecule has 0 amide bonds. The van der Waals surface area contributed by atoms with Crippen LogP contribution in [0.3, 0.4) is 0 Å². The highest BCUT2D eigenvalue weighted by atomic mass is 35.5. The van der Waals surface area contributed by atoms with E-state index in [0.29, 0.717) is 23.7 Å². The van der Waals surface area contributed by atoms with E-state index in [9.17, 15) is 13.2 Å². The third-order valence-electron chi connectivity index (χ3n) is 3.02. The molecule has 0 saturated heterocycles. The molecule has 6 heteroatoms. The van der Waals surface area contributed by atoms with Gasteiger partial charge in [-0.2, -0.15) is 13.2 Å². The van der Waals surface area contributed by atoms with Gasteiger partial charge in [0.15, 0.2) is 0 Å². The molecular formula is C14H19ClF3NO. The summed E-state index contributed by atoms with van der Waals surface area (Å²) in [6, 6.07) is 5.34. The van der Waals surface area contributed by atoms with E-state index in [2.05, 4.69) is 5.32 Å². The molecule has 1 aromatic carbocycles. The molecule has 0 bridgehead atoms. The highest BCUT2D eigenvalue weighted by molar-refractivity contribution is 6.31. The molecule has 0 aromatic heterocycles. The number of ether oxygens (including phenoxy) is 1. The molecule has 114 valence electrons. The number of halogens is 4. The van der Waals surface area contributed by atoms with E-state index in [1.165, 1.54) is 0 Å². The average molecular weight is 310 g/mol. The minimum Gasteiger partial charge on any atom is -0.496 e. The van der Waals surface area contributed by atoms with Crippen molar-refractivity contribution >= 4 is 11.6 Å². The maximum absolute atomic E-state index is 12.1. The Morgan fingerprint density at radius 3 is 2.65 bits per heavy atom. The van der Waals surface area contributed by atoms with Crippen LogP contribution in [0.5, 0.6) is 5.75 Å². The molecule has 0 aliphatic rings. The molecule has 1 atom stereocenters. The lowest BCUT2D eigenvalue weighted by Gasteiger charge is -2.16. The summed E-state index contributed by atoms with van der Waals surface area (Å²) in [4.78, 5) is 0. The quantitative estimate of drug-likeness (QED) is 0.797. The number of methoxy groups -OCH3 is 1. The molecule has 0 fully saturated rings. The number of nitrogens with one attached hydrogen (secondary N) is 1. The first-order valence-electron chi connectivity index (χ1n) is 6.45. The van der Waals surface area contributed by atoms with E-state index in [1.54, 1.807) is 25.3 Å². The summed E-state index contributed by atoms with van der Waals surface area (Å²) in [5.41, 5.74) is 0.819. The summed E-state index contributed by atoms with van der Waals surface area (Å²) in [6.45, 7) is 2.33. The second-order valence-corrected chi connectivity index (χ2v) is 5.12. The normalized spacial score (nSPS) is 13.3. The van der Waals surface area contributed by atoms with Gasteiger partial charge >= 0.3 is 6.18 Å². The standard InChI is InChI=1S/C14H19ClF3NO/c1-10(5-4-8-14(16,17)18)19-9-11-12(15)6-3-7-13(11)20-2/h3,6-7,10,19H,4-5,8-9H2,1-2H3. The van der Waals surface area contributed by atoms with E-state index in [0.717, 1.165) is 5.56 Å². The number of alkyl halides is 3. The minimum atomic E-state index is -4.08. The van der Waals surface area contributed by atoms with Crippen molar-refractivity contribution in [1.29, 1.82) is 0 Å². The Balaban J connectivity index is 2.43. The van der Waals surface area contributed by atoms with Crippen molar-refractivity contribution in [1.82, 2.24) is 5.32 Å². The van der Waals surface area contributed by atoms with Gasteiger partial charge in [0.2, 0.25) is 0 Å². The van der Waals surface area contributed by atoms with Crippen molar-refractivity contribution in [3.63, 3.8) is 0 Å². The van der Waals surface area contributed by atoms with Crippen molar-refractivity contribution in [3.05, 3.63) is 28.8 Å². The van der Waals surface area contributed by atoms with Gasteiger partial charge in [0.05, 0.1) is 7.11 Å². The molecule has 1 rings (SSSR count). The van der Waals surface area contributed by atoms with Crippen LogP contribution in [-0.4, -0.2) is 19.3 Å².